The number of thiophene rings is 1. The van der Waals surface area contributed by atoms with E-state index in [9.17, 15) is 9.59 Å². The second-order valence-corrected chi connectivity index (χ2v) is 5.58. The van der Waals surface area contributed by atoms with Crippen molar-refractivity contribution in [2.75, 3.05) is 6.54 Å². The quantitative estimate of drug-likeness (QED) is 0.814. The molecule has 0 aliphatic carbocycles. The van der Waals surface area contributed by atoms with Gasteiger partial charge in [-0.1, -0.05) is 0 Å². The lowest BCUT2D eigenvalue weighted by atomic mass is 10.3. The van der Waals surface area contributed by atoms with Gasteiger partial charge in [-0.2, -0.15) is 0 Å². The van der Waals surface area contributed by atoms with Gasteiger partial charge in [0.1, 0.15) is 0 Å². The van der Waals surface area contributed by atoms with Crippen LogP contribution in [0.25, 0.3) is 0 Å². The highest BCUT2D eigenvalue weighted by molar-refractivity contribution is 7.10. The van der Waals surface area contributed by atoms with Gasteiger partial charge in [0.15, 0.2) is 0 Å². The molecule has 0 amide bonds. The molecule has 0 aliphatic rings. The van der Waals surface area contributed by atoms with Crippen LogP contribution in [0, 0.1) is 6.92 Å². The average molecular weight is 293 g/mol. The molecule has 2 rings (SSSR count). The first kappa shape index (κ1) is 14.7. The van der Waals surface area contributed by atoms with Gasteiger partial charge in [0.05, 0.1) is 0 Å². The molecule has 0 bridgehead atoms. The minimum absolute atomic E-state index is 0.242. The molecule has 5 nitrogen and oxygen atoms in total. The smallest absolute Gasteiger partial charge is 0.310 e. The summed E-state index contributed by atoms with van der Waals surface area (Å²) in [6.07, 6.45) is 1.55. The third-order valence-corrected chi connectivity index (χ3v) is 4.27. The second-order valence-electron chi connectivity index (χ2n) is 4.58. The maximum absolute atomic E-state index is 12.0. The van der Waals surface area contributed by atoms with Gasteiger partial charge < -0.3 is 9.88 Å². The van der Waals surface area contributed by atoms with E-state index in [0.29, 0.717) is 19.6 Å². The molecule has 20 heavy (non-hydrogen) atoms. The molecule has 0 fully saturated rings. The Bertz CT molecular complexity index is 684. The summed E-state index contributed by atoms with van der Waals surface area (Å²) in [4.78, 5) is 25.0. The van der Waals surface area contributed by atoms with Crippen LogP contribution in [-0.4, -0.2) is 15.7 Å². The predicted molar refractivity (Wildman–Crippen MR) is 81.4 cm³/mol. The Morgan fingerprint density at radius 2 is 2.10 bits per heavy atom. The highest BCUT2D eigenvalue weighted by Crippen LogP contribution is 2.14. The summed E-state index contributed by atoms with van der Waals surface area (Å²) < 4.78 is 2.81. The molecule has 0 radical (unpaired) electrons. The molecule has 1 N–H and O–H groups in total. The van der Waals surface area contributed by atoms with Crippen molar-refractivity contribution in [3.63, 3.8) is 0 Å². The zero-order chi connectivity index (χ0) is 14.5. The summed E-state index contributed by atoms with van der Waals surface area (Å²) in [5.41, 5.74) is 0.788. The third-order valence-electron chi connectivity index (χ3n) is 3.25. The van der Waals surface area contributed by atoms with Crippen LogP contribution in [0.3, 0.4) is 0 Å². The van der Waals surface area contributed by atoms with Crippen molar-refractivity contribution in [3.8, 4) is 0 Å². The van der Waals surface area contributed by atoms with Gasteiger partial charge in [0.25, 0.3) is 5.56 Å². The molecule has 0 aromatic carbocycles. The number of aryl methyl sites for hydroxylation is 2. The van der Waals surface area contributed by atoms with Gasteiger partial charge in [0.2, 0.25) is 0 Å². The number of nitrogens with one attached hydrogen (secondary N) is 1. The first-order valence-corrected chi connectivity index (χ1v) is 7.55. The van der Waals surface area contributed by atoms with E-state index in [0.717, 1.165) is 6.54 Å². The van der Waals surface area contributed by atoms with E-state index < -0.39 is 0 Å². The minimum atomic E-state index is -0.242. The lowest BCUT2D eigenvalue weighted by Gasteiger charge is -2.09. The van der Waals surface area contributed by atoms with Gasteiger partial charge >= 0.3 is 5.69 Å². The number of aromatic nitrogens is 2. The fourth-order valence-electron chi connectivity index (χ4n) is 1.98. The maximum atomic E-state index is 12.0. The third kappa shape index (κ3) is 3.26. The van der Waals surface area contributed by atoms with Crippen LogP contribution in [-0.2, 0) is 19.6 Å². The zero-order valence-electron chi connectivity index (χ0n) is 11.8. The van der Waals surface area contributed by atoms with Crippen LogP contribution in [0.15, 0.2) is 33.3 Å². The van der Waals surface area contributed by atoms with E-state index >= 15 is 0 Å². The van der Waals surface area contributed by atoms with Crippen molar-refractivity contribution in [2.24, 2.45) is 0 Å². The van der Waals surface area contributed by atoms with Gasteiger partial charge in [-0.3, -0.25) is 9.36 Å². The molecule has 6 heteroatoms. The van der Waals surface area contributed by atoms with Crippen LogP contribution in [0.1, 0.15) is 17.4 Å². The number of nitrogens with zero attached hydrogens (tertiary/aromatic N) is 2. The highest BCUT2D eigenvalue weighted by atomic mass is 32.1. The molecule has 0 atom stereocenters. The normalized spacial score (nSPS) is 10.9. The van der Waals surface area contributed by atoms with E-state index in [-0.39, 0.29) is 11.2 Å². The molecular formula is C14H19N3O2S. The summed E-state index contributed by atoms with van der Waals surface area (Å²) in [5, 5.41) is 5.34. The lowest BCUT2D eigenvalue weighted by Crippen LogP contribution is -2.40. The number of hydrogen-bond acceptors (Lipinski definition) is 4. The fraction of sp³-hybridized carbons (Fsp3) is 0.429. The SMILES string of the molecule is CCn1ccc(=O)n(CCNCc2sccc2C)c1=O. The first-order valence-electron chi connectivity index (χ1n) is 6.67. The van der Waals surface area contributed by atoms with Crippen molar-refractivity contribution in [3.05, 3.63) is 55.0 Å². The van der Waals surface area contributed by atoms with Crippen molar-refractivity contribution in [1.82, 2.24) is 14.5 Å². The Hall–Kier alpha value is -1.66. The lowest BCUT2D eigenvalue weighted by molar-refractivity contribution is 0.532. The fourth-order valence-corrected chi connectivity index (χ4v) is 2.86. The van der Waals surface area contributed by atoms with Gasteiger partial charge in [-0.05, 0) is 30.9 Å². The van der Waals surface area contributed by atoms with E-state index in [2.05, 4.69) is 23.7 Å². The van der Waals surface area contributed by atoms with E-state index in [1.54, 1.807) is 17.5 Å². The Morgan fingerprint density at radius 1 is 1.30 bits per heavy atom. The molecule has 108 valence electrons. The average Bonchev–Trinajstić information content (AvgIpc) is 2.83. The van der Waals surface area contributed by atoms with Crippen molar-refractivity contribution in [2.45, 2.75) is 33.5 Å². The van der Waals surface area contributed by atoms with Crippen molar-refractivity contribution < 1.29 is 0 Å². The first-order chi connectivity index (χ1) is 9.63. The van der Waals surface area contributed by atoms with Gasteiger partial charge in [-0.15, -0.1) is 11.3 Å². The van der Waals surface area contributed by atoms with E-state index in [4.69, 9.17) is 0 Å². The molecule has 2 aromatic rings. The Morgan fingerprint density at radius 3 is 2.75 bits per heavy atom. The summed E-state index contributed by atoms with van der Waals surface area (Å²) in [5.74, 6) is 0. The summed E-state index contributed by atoms with van der Waals surface area (Å²) >= 11 is 1.71. The molecule has 0 saturated carbocycles. The Labute approximate surface area is 121 Å². The Balaban J connectivity index is 1.96. The number of hydrogen-bond donors (Lipinski definition) is 1. The van der Waals surface area contributed by atoms with Crippen LogP contribution in [0.5, 0.6) is 0 Å². The molecule has 0 spiro atoms. The summed E-state index contributed by atoms with van der Waals surface area (Å²) in [6, 6.07) is 3.53. The van der Waals surface area contributed by atoms with Crippen LogP contribution in [0.4, 0.5) is 0 Å². The molecule has 2 heterocycles. The minimum Gasteiger partial charge on any atom is -0.310 e. The standard InChI is InChI=1S/C14H19N3O2S/c1-3-16-7-4-13(18)17(14(16)19)8-6-15-10-12-11(2)5-9-20-12/h4-5,7,9,15H,3,6,8,10H2,1-2H3. The van der Waals surface area contributed by atoms with Gasteiger partial charge in [0, 0.05) is 43.3 Å². The maximum Gasteiger partial charge on any atom is 0.330 e. The molecule has 0 saturated heterocycles. The topological polar surface area (TPSA) is 56.0 Å². The molecule has 2 aromatic heterocycles. The molecular weight excluding hydrogens is 274 g/mol. The summed E-state index contributed by atoms with van der Waals surface area (Å²) in [6.45, 7) is 6.29. The van der Waals surface area contributed by atoms with Crippen molar-refractivity contribution >= 4 is 11.3 Å². The van der Waals surface area contributed by atoms with Crippen LogP contribution >= 0.6 is 11.3 Å². The zero-order valence-corrected chi connectivity index (χ0v) is 12.6. The van der Waals surface area contributed by atoms with Crippen LogP contribution in [0.2, 0.25) is 0 Å². The number of rotatable bonds is 6. The molecule has 0 unspecified atom stereocenters. The largest absolute Gasteiger partial charge is 0.330 e. The highest BCUT2D eigenvalue weighted by Gasteiger charge is 2.04. The van der Waals surface area contributed by atoms with E-state index in [1.165, 1.54) is 25.6 Å². The monoisotopic (exact) mass is 293 g/mol. The van der Waals surface area contributed by atoms with Crippen LogP contribution < -0.4 is 16.6 Å². The Kier molecular flexibility index (Phi) is 4.92. The van der Waals surface area contributed by atoms with Crippen molar-refractivity contribution in [1.29, 1.82) is 0 Å². The summed E-state index contributed by atoms with van der Waals surface area (Å²) in [7, 11) is 0. The predicted octanol–water partition coefficient (Wildman–Crippen LogP) is 1.19. The molecule has 0 aliphatic heterocycles. The second kappa shape index (κ2) is 6.67. The van der Waals surface area contributed by atoms with E-state index in [1.807, 2.05) is 6.92 Å². The van der Waals surface area contributed by atoms with Gasteiger partial charge in [-0.25, -0.2) is 4.79 Å².